The normalized spacial score (nSPS) is 10.9. The minimum atomic E-state index is -0.508. The van der Waals surface area contributed by atoms with Gasteiger partial charge in [0.1, 0.15) is 10.5 Å². The summed E-state index contributed by atoms with van der Waals surface area (Å²) in [6.45, 7) is 0. The van der Waals surface area contributed by atoms with Crippen LogP contribution in [0.25, 0.3) is 11.1 Å². The van der Waals surface area contributed by atoms with E-state index in [4.69, 9.17) is 4.42 Å². The Hall–Kier alpha value is -1.88. The van der Waals surface area contributed by atoms with Gasteiger partial charge in [-0.2, -0.15) is 4.39 Å². The summed E-state index contributed by atoms with van der Waals surface area (Å²) in [5.41, 5.74) is 1.50. The lowest BCUT2D eigenvalue weighted by molar-refractivity contribution is 0.488. The van der Waals surface area contributed by atoms with Crippen molar-refractivity contribution in [2.75, 3.05) is 0 Å². The number of oxazole rings is 1. The minimum absolute atomic E-state index is 0.462. The van der Waals surface area contributed by atoms with Gasteiger partial charge in [-0.15, -0.1) is 0 Å². The summed E-state index contributed by atoms with van der Waals surface area (Å²) < 4.78 is 18.4. The quantitative estimate of drug-likeness (QED) is 0.648. The van der Waals surface area contributed by atoms with Gasteiger partial charge in [-0.3, -0.25) is 0 Å². The fourth-order valence-electron chi connectivity index (χ4n) is 1.43. The molecule has 0 aliphatic heterocycles. The summed E-state index contributed by atoms with van der Waals surface area (Å²) in [5.74, 6) is -0.508. The van der Waals surface area contributed by atoms with Crippen molar-refractivity contribution < 1.29 is 8.81 Å². The van der Waals surface area contributed by atoms with E-state index in [1.165, 1.54) is 17.8 Å². The fraction of sp³-hybridized carbons (Fsp3) is 0. The highest BCUT2D eigenvalue weighted by molar-refractivity contribution is 7.99. The smallest absolute Gasteiger partial charge is 0.263 e. The van der Waals surface area contributed by atoms with Gasteiger partial charge in [0.25, 0.3) is 5.22 Å². The first kappa shape index (κ1) is 10.3. The molecule has 2 heterocycles. The molecule has 0 amide bonds. The molecule has 0 radical (unpaired) electrons. The van der Waals surface area contributed by atoms with Gasteiger partial charge in [0.05, 0.1) is 0 Å². The number of pyridine rings is 1. The van der Waals surface area contributed by atoms with E-state index in [-0.39, 0.29) is 0 Å². The molecule has 3 rings (SSSR count). The monoisotopic (exact) mass is 246 g/mol. The number of fused-ring (bicyclic) bond motifs is 1. The van der Waals surface area contributed by atoms with Crippen LogP contribution in [0.4, 0.5) is 4.39 Å². The minimum Gasteiger partial charge on any atom is -0.431 e. The van der Waals surface area contributed by atoms with E-state index in [2.05, 4.69) is 9.97 Å². The molecule has 17 heavy (non-hydrogen) atoms. The van der Waals surface area contributed by atoms with Crippen molar-refractivity contribution >= 4 is 22.9 Å². The number of rotatable bonds is 2. The lowest BCUT2D eigenvalue weighted by atomic mass is 10.3. The van der Waals surface area contributed by atoms with Crippen LogP contribution in [0.2, 0.25) is 0 Å². The van der Waals surface area contributed by atoms with E-state index in [1.54, 1.807) is 12.1 Å². The molecule has 1 aromatic carbocycles. The second-order valence-electron chi connectivity index (χ2n) is 3.35. The largest absolute Gasteiger partial charge is 0.431 e. The number of nitrogens with zero attached hydrogens (tertiary/aromatic N) is 2. The number of hydrogen-bond acceptors (Lipinski definition) is 4. The Labute approximate surface area is 101 Å². The molecule has 0 atom stereocenters. The van der Waals surface area contributed by atoms with Gasteiger partial charge in [0.15, 0.2) is 5.58 Å². The molecule has 0 bridgehead atoms. The zero-order valence-electron chi connectivity index (χ0n) is 8.63. The first-order chi connectivity index (χ1) is 8.31. The Bertz CT molecular complexity index is 635. The molecule has 3 nitrogen and oxygen atoms in total. The Morgan fingerprint density at radius 3 is 2.71 bits per heavy atom. The molecule has 0 N–H and O–H groups in total. The van der Waals surface area contributed by atoms with E-state index in [9.17, 15) is 4.39 Å². The summed E-state index contributed by atoms with van der Waals surface area (Å²) in [5, 5.41) is 0.987. The van der Waals surface area contributed by atoms with Gasteiger partial charge in [-0.1, -0.05) is 18.2 Å². The predicted molar refractivity (Wildman–Crippen MR) is 62.3 cm³/mol. The SMILES string of the molecule is Fc1cccc(Sc2nc3ccccc3o2)n1. The third kappa shape index (κ3) is 2.14. The van der Waals surface area contributed by atoms with E-state index >= 15 is 0 Å². The fourth-order valence-corrected chi connectivity index (χ4v) is 2.16. The maximum atomic E-state index is 12.9. The molecule has 0 fully saturated rings. The van der Waals surface area contributed by atoms with Crippen molar-refractivity contribution in [3.8, 4) is 0 Å². The molecule has 0 spiro atoms. The maximum Gasteiger partial charge on any atom is 0.263 e. The van der Waals surface area contributed by atoms with Crippen LogP contribution in [0.5, 0.6) is 0 Å². The maximum absolute atomic E-state index is 12.9. The van der Waals surface area contributed by atoms with Gasteiger partial charge < -0.3 is 4.42 Å². The van der Waals surface area contributed by atoms with Gasteiger partial charge in [-0.05, 0) is 36.0 Å². The van der Waals surface area contributed by atoms with E-state index in [0.717, 1.165) is 5.52 Å². The third-order valence-electron chi connectivity index (χ3n) is 2.16. The van der Waals surface area contributed by atoms with Crippen LogP contribution in [0.15, 0.2) is 57.1 Å². The zero-order chi connectivity index (χ0) is 11.7. The zero-order valence-corrected chi connectivity index (χ0v) is 9.45. The van der Waals surface area contributed by atoms with Crippen LogP contribution >= 0.6 is 11.8 Å². The summed E-state index contributed by atoms with van der Waals surface area (Å²) in [6.07, 6.45) is 0. The molecular formula is C12H7FN2OS. The topological polar surface area (TPSA) is 38.9 Å². The number of para-hydroxylation sites is 2. The molecule has 5 heteroatoms. The molecule has 2 aromatic heterocycles. The van der Waals surface area contributed by atoms with Crippen molar-refractivity contribution in [1.82, 2.24) is 9.97 Å². The molecule has 0 saturated carbocycles. The van der Waals surface area contributed by atoms with Crippen LogP contribution in [-0.2, 0) is 0 Å². The second-order valence-corrected chi connectivity index (χ2v) is 4.32. The highest BCUT2D eigenvalue weighted by Gasteiger charge is 2.08. The van der Waals surface area contributed by atoms with Crippen molar-refractivity contribution in [3.05, 3.63) is 48.4 Å². The molecule has 0 aliphatic rings. The van der Waals surface area contributed by atoms with Crippen molar-refractivity contribution in [2.24, 2.45) is 0 Å². The van der Waals surface area contributed by atoms with Gasteiger partial charge in [0.2, 0.25) is 5.95 Å². The van der Waals surface area contributed by atoms with Gasteiger partial charge in [0, 0.05) is 0 Å². The average Bonchev–Trinajstić information content (AvgIpc) is 2.71. The molecular weight excluding hydrogens is 239 g/mol. The average molecular weight is 246 g/mol. The molecule has 0 aliphatic carbocycles. The van der Waals surface area contributed by atoms with E-state index in [1.807, 2.05) is 24.3 Å². The third-order valence-corrected chi connectivity index (χ3v) is 2.94. The van der Waals surface area contributed by atoms with Crippen LogP contribution in [0.3, 0.4) is 0 Å². The second kappa shape index (κ2) is 4.18. The molecule has 3 aromatic rings. The first-order valence-electron chi connectivity index (χ1n) is 4.97. The van der Waals surface area contributed by atoms with Crippen LogP contribution < -0.4 is 0 Å². The van der Waals surface area contributed by atoms with Crippen LogP contribution in [0, 0.1) is 5.95 Å². The summed E-state index contributed by atoms with van der Waals surface area (Å²) in [4.78, 5) is 8.01. The Morgan fingerprint density at radius 1 is 1.00 bits per heavy atom. The first-order valence-corrected chi connectivity index (χ1v) is 5.79. The summed E-state index contributed by atoms with van der Waals surface area (Å²) in [6, 6.07) is 12.1. The van der Waals surface area contributed by atoms with Crippen LogP contribution in [0.1, 0.15) is 0 Å². The highest BCUT2D eigenvalue weighted by atomic mass is 32.2. The molecule has 0 unspecified atom stereocenters. The number of aromatic nitrogens is 2. The summed E-state index contributed by atoms with van der Waals surface area (Å²) in [7, 11) is 0. The van der Waals surface area contributed by atoms with Gasteiger partial charge >= 0.3 is 0 Å². The Kier molecular flexibility index (Phi) is 2.53. The molecule has 84 valence electrons. The lowest BCUT2D eigenvalue weighted by Gasteiger charge is -1.94. The number of halogens is 1. The van der Waals surface area contributed by atoms with E-state index < -0.39 is 5.95 Å². The number of hydrogen-bond donors (Lipinski definition) is 0. The van der Waals surface area contributed by atoms with Crippen molar-refractivity contribution in [1.29, 1.82) is 0 Å². The molecule has 0 saturated heterocycles. The Morgan fingerprint density at radius 2 is 1.88 bits per heavy atom. The van der Waals surface area contributed by atoms with Crippen LogP contribution in [-0.4, -0.2) is 9.97 Å². The highest BCUT2D eigenvalue weighted by Crippen LogP contribution is 2.28. The van der Waals surface area contributed by atoms with E-state index in [0.29, 0.717) is 15.8 Å². The van der Waals surface area contributed by atoms with Crippen molar-refractivity contribution in [2.45, 2.75) is 10.2 Å². The summed E-state index contributed by atoms with van der Waals surface area (Å²) >= 11 is 1.20. The van der Waals surface area contributed by atoms with Gasteiger partial charge in [-0.25, -0.2) is 9.97 Å². The lowest BCUT2D eigenvalue weighted by Crippen LogP contribution is -1.83. The van der Waals surface area contributed by atoms with Crippen molar-refractivity contribution in [3.63, 3.8) is 0 Å². The Balaban J connectivity index is 1.94. The number of benzene rings is 1. The standard InChI is InChI=1S/C12H7FN2OS/c13-10-6-3-7-11(15-10)17-12-14-8-4-1-2-5-9(8)16-12/h1-7H. The predicted octanol–water partition coefficient (Wildman–Crippen LogP) is 3.51.